The number of hydrogen-bond donors (Lipinski definition) is 0. The molecule has 1 aromatic heterocycles. The molecule has 0 aliphatic carbocycles. The van der Waals surface area contributed by atoms with Gasteiger partial charge < -0.3 is 4.90 Å². The van der Waals surface area contributed by atoms with E-state index in [2.05, 4.69) is 10.3 Å². The molecule has 0 radical (unpaired) electrons. The summed E-state index contributed by atoms with van der Waals surface area (Å²) in [5.41, 5.74) is 0. The fourth-order valence-corrected chi connectivity index (χ4v) is 1.61. The molecule has 0 atom stereocenters. The van der Waals surface area contributed by atoms with E-state index in [1.807, 2.05) is 22.7 Å². The molecule has 5 heteroatoms. The highest BCUT2D eigenvalue weighted by Crippen LogP contribution is 2.20. The van der Waals surface area contributed by atoms with Gasteiger partial charge in [-0.1, -0.05) is 12.1 Å². The molecule has 0 unspecified atom stereocenters. The molecular formula is C9H14N4O. The Morgan fingerprint density at radius 3 is 2.93 bits per heavy atom. The van der Waals surface area contributed by atoms with Gasteiger partial charge in [0.05, 0.1) is 12.2 Å². The minimum absolute atomic E-state index is 0.254. The summed E-state index contributed by atoms with van der Waals surface area (Å²) in [7, 11) is 0. The van der Waals surface area contributed by atoms with Crippen molar-refractivity contribution in [2.45, 2.75) is 25.8 Å². The normalized spacial score (nSPS) is 16.8. The Morgan fingerprint density at radius 1 is 1.57 bits per heavy atom. The van der Waals surface area contributed by atoms with Crippen LogP contribution < -0.4 is 0 Å². The lowest BCUT2D eigenvalue weighted by molar-refractivity contribution is -0.137. The van der Waals surface area contributed by atoms with Crippen LogP contribution in [0.3, 0.4) is 0 Å². The Balaban J connectivity index is 1.82. The Bertz CT molecular complexity index is 303. The van der Waals surface area contributed by atoms with E-state index in [0.29, 0.717) is 12.5 Å². The van der Waals surface area contributed by atoms with Crippen LogP contribution in [-0.2, 0) is 4.79 Å². The van der Waals surface area contributed by atoms with E-state index >= 15 is 0 Å². The third-order valence-corrected chi connectivity index (χ3v) is 2.49. The number of amides is 1. The molecule has 2 heterocycles. The molecule has 5 nitrogen and oxygen atoms in total. The van der Waals surface area contributed by atoms with Gasteiger partial charge in [-0.25, -0.2) is 4.68 Å². The topological polar surface area (TPSA) is 51.0 Å². The molecule has 76 valence electrons. The second-order valence-electron chi connectivity index (χ2n) is 3.59. The van der Waals surface area contributed by atoms with E-state index in [9.17, 15) is 4.79 Å². The lowest BCUT2D eigenvalue weighted by atomic mass is 10.1. The smallest absolute Gasteiger partial charge is 0.222 e. The van der Waals surface area contributed by atoms with E-state index in [-0.39, 0.29) is 5.91 Å². The molecule has 0 bridgehead atoms. The van der Waals surface area contributed by atoms with E-state index < -0.39 is 0 Å². The molecule has 1 fully saturated rings. The van der Waals surface area contributed by atoms with Gasteiger partial charge in [0.2, 0.25) is 5.91 Å². The maximum Gasteiger partial charge on any atom is 0.222 e. The van der Waals surface area contributed by atoms with Crippen LogP contribution in [0.4, 0.5) is 0 Å². The number of aromatic nitrogens is 3. The molecule has 1 aliphatic rings. The number of carbonyl (C=O) groups excluding carboxylic acids is 1. The summed E-state index contributed by atoms with van der Waals surface area (Å²) in [6.07, 6.45) is 5.08. The van der Waals surface area contributed by atoms with Crippen molar-refractivity contribution in [3.8, 4) is 0 Å². The molecule has 1 aliphatic heterocycles. The summed E-state index contributed by atoms with van der Waals surface area (Å²) in [5.74, 6) is 0.254. The molecule has 0 spiro atoms. The van der Waals surface area contributed by atoms with E-state index in [0.717, 1.165) is 19.5 Å². The summed E-state index contributed by atoms with van der Waals surface area (Å²) in [6.45, 7) is 3.58. The number of likely N-dealkylation sites (tertiary alicyclic amines) is 1. The summed E-state index contributed by atoms with van der Waals surface area (Å²) in [6, 6.07) is 0.332. The van der Waals surface area contributed by atoms with Crippen molar-refractivity contribution in [1.82, 2.24) is 19.9 Å². The second kappa shape index (κ2) is 3.77. The number of carbonyl (C=O) groups is 1. The zero-order chi connectivity index (χ0) is 9.97. The highest BCUT2D eigenvalue weighted by molar-refractivity contribution is 5.77. The van der Waals surface area contributed by atoms with Gasteiger partial charge in [-0.2, -0.15) is 0 Å². The van der Waals surface area contributed by atoms with Gasteiger partial charge in [-0.15, -0.1) is 5.10 Å². The standard InChI is InChI=1S/C9H14N4O/c1-2-3-9(14)12-6-8(7-12)13-5-4-10-11-13/h4-5,8H,2-3,6-7H2,1H3. The first-order valence-electron chi connectivity index (χ1n) is 4.95. The summed E-state index contributed by atoms with van der Waals surface area (Å²) < 4.78 is 1.82. The van der Waals surface area contributed by atoms with Crippen molar-refractivity contribution >= 4 is 5.91 Å². The lowest BCUT2D eigenvalue weighted by Crippen LogP contribution is -2.50. The minimum Gasteiger partial charge on any atom is -0.338 e. The van der Waals surface area contributed by atoms with Gasteiger partial charge >= 0.3 is 0 Å². The van der Waals surface area contributed by atoms with E-state index in [1.54, 1.807) is 6.20 Å². The van der Waals surface area contributed by atoms with Crippen molar-refractivity contribution < 1.29 is 4.79 Å². The third kappa shape index (κ3) is 1.62. The van der Waals surface area contributed by atoms with Crippen molar-refractivity contribution in [3.63, 3.8) is 0 Å². The Kier molecular flexibility index (Phi) is 2.47. The van der Waals surface area contributed by atoms with Crippen LogP contribution in [0.5, 0.6) is 0 Å². The zero-order valence-electron chi connectivity index (χ0n) is 8.26. The average molecular weight is 194 g/mol. The number of hydrogen-bond acceptors (Lipinski definition) is 3. The molecule has 1 saturated heterocycles. The van der Waals surface area contributed by atoms with Crippen LogP contribution >= 0.6 is 0 Å². The number of rotatable bonds is 3. The van der Waals surface area contributed by atoms with Crippen LogP contribution in [0.25, 0.3) is 0 Å². The quantitative estimate of drug-likeness (QED) is 0.702. The molecule has 1 amide bonds. The lowest BCUT2D eigenvalue weighted by Gasteiger charge is -2.38. The predicted molar refractivity (Wildman–Crippen MR) is 50.5 cm³/mol. The molecule has 0 aromatic carbocycles. The summed E-state index contributed by atoms with van der Waals surface area (Å²) >= 11 is 0. The van der Waals surface area contributed by atoms with Gasteiger partial charge in [0.25, 0.3) is 0 Å². The Morgan fingerprint density at radius 2 is 2.36 bits per heavy atom. The third-order valence-electron chi connectivity index (χ3n) is 2.49. The molecule has 14 heavy (non-hydrogen) atoms. The molecule has 2 rings (SSSR count). The Labute approximate surface area is 82.7 Å². The average Bonchev–Trinajstić information content (AvgIpc) is 2.54. The maximum atomic E-state index is 11.4. The van der Waals surface area contributed by atoms with Crippen molar-refractivity contribution in [1.29, 1.82) is 0 Å². The van der Waals surface area contributed by atoms with Gasteiger partial charge in [-0.3, -0.25) is 4.79 Å². The molecule has 1 aromatic rings. The summed E-state index contributed by atoms with van der Waals surface area (Å²) in [5, 5.41) is 7.65. The van der Waals surface area contributed by atoms with Crippen molar-refractivity contribution in [3.05, 3.63) is 12.4 Å². The highest BCUT2D eigenvalue weighted by atomic mass is 16.2. The first-order chi connectivity index (χ1) is 6.81. The summed E-state index contributed by atoms with van der Waals surface area (Å²) in [4.78, 5) is 13.3. The highest BCUT2D eigenvalue weighted by Gasteiger charge is 2.31. The van der Waals surface area contributed by atoms with Gasteiger partial charge in [0.1, 0.15) is 0 Å². The van der Waals surface area contributed by atoms with Crippen LogP contribution in [-0.4, -0.2) is 38.9 Å². The SMILES string of the molecule is CCCC(=O)N1CC(n2ccnn2)C1. The van der Waals surface area contributed by atoms with E-state index in [4.69, 9.17) is 0 Å². The fourth-order valence-electron chi connectivity index (χ4n) is 1.61. The maximum absolute atomic E-state index is 11.4. The minimum atomic E-state index is 0.254. The largest absolute Gasteiger partial charge is 0.338 e. The van der Waals surface area contributed by atoms with Crippen LogP contribution in [0, 0.1) is 0 Å². The van der Waals surface area contributed by atoms with Crippen molar-refractivity contribution in [2.24, 2.45) is 0 Å². The Hall–Kier alpha value is -1.39. The monoisotopic (exact) mass is 194 g/mol. The first kappa shape index (κ1) is 9.18. The second-order valence-corrected chi connectivity index (χ2v) is 3.59. The van der Waals surface area contributed by atoms with Crippen LogP contribution in [0.2, 0.25) is 0 Å². The van der Waals surface area contributed by atoms with Crippen LogP contribution in [0.1, 0.15) is 25.8 Å². The van der Waals surface area contributed by atoms with Crippen LogP contribution in [0.15, 0.2) is 12.4 Å². The van der Waals surface area contributed by atoms with Gasteiger partial charge in [-0.05, 0) is 6.42 Å². The van der Waals surface area contributed by atoms with Crippen molar-refractivity contribution in [2.75, 3.05) is 13.1 Å². The first-order valence-corrected chi connectivity index (χ1v) is 4.95. The molecule has 0 N–H and O–H groups in total. The molecule has 0 saturated carbocycles. The fraction of sp³-hybridized carbons (Fsp3) is 0.667. The molecular weight excluding hydrogens is 180 g/mol. The van der Waals surface area contributed by atoms with E-state index in [1.165, 1.54) is 0 Å². The predicted octanol–water partition coefficient (Wildman–Crippen LogP) is 0.462. The van der Waals surface area contributed by atoms with Gasteiger partial charge in [0.15, 0.2) is 0 Å². The zero-order valence-corrected chi connectivity index (χ0v) is 8.26. The number of nitrogens with zero attached hydrogens (tertiary/aromatic N) is 4. The van der Waals surface area contributed by atoms with Gasteiger partial charge in [0, 0.05) is 25.7 Å².